The van der Waals surface area contributed by atoms with E-state index < -0.39 is 63.2 Å². The lowest BCUT2D eigenvalue weighted by Crippen LogP contribution is -2.58. The SMILES string of the molecule is COc1ccccc1NS(=O)(=O)NC(=O)C12CC1/C=C\CCCCCC(NC(=O)OC(C)(C)C)C(=O)N1CCCC1C(=O)N2. The van der Waals surface area contributed by atoms with E-state index in [0.717, 1.165) is 12.8 Å². The summed E-state index contributed by atoms with van der Waals surface area (Å²) in [4.78, 5) is 55.0. The molecule has 1 saturated heterocycles. The number of benzene rings is 1. The van der Waals surface area contributed by atoms with E-state index in [0.29, 0.717) is 38.6 Å². The van der Waals surface area contributed by atoms with Gasteiger partial charge in [-0.15, -0.1) is 0 Å². The fraction of sp³-hybridized carbons (Fsp3) is 0.600. The fourth-order valence-corrected chi connectivity index (χ4v) is 6.59. The summed E-state index contributed by atoms with van der Waals surface area (Å²) in [5.41, 5.74) is -2.11. The number of hydrogen-bond donors (Lipinski definition) is 4. The van der Waals surface area contributed by atoms with Crippen molar-refractivity contribution >= 4 is 39.7 Å². The Morgan fingerprint density at radius 3 is 2.55 bits per heavy atom. The van der Waals surface area contributed by atoms with Crippen molar-refractivity contribution in [1.29, 1.82) is 0 Å². The number of alkyl carbamates (subject to hydrolysis) is 1. The highest BCUT2D eigenvalue weighted by Gasteiger charge is 2.61. The van der Waals surface area contributed by atoms with Crippen molar-refractivity contribution in [3.8, 4) is 5.75 Å². The maximum Gasteiger partial charge on any atom is 0.408 e. The summed E-state index contributed by atoms with van der Waals surface area (Å²) in [6, 6.07) is 4.60. The quantitative estimate of drug-likeness (QED) is 0.346. The lowest BCUT2D eigenvalue weighted by Gasteiger charge is -2.30. The number of anilines is 1. The van der Waals surface area contributed by atoms with E-state index >= 15 is 0 Å². The molecule has 0 spiro atoms. The van der Waals surface area contributed by atoms with Crippen molar-refractivity contribution in [2.75, 3.05) is 18.4 Å². The van der Waals surface area contributed by atoms with Gasteiger partial charge in [-0.2, -0.15) is 8.42 Å². The van der Waals surface area contributed by atoms with Crippen LogP contribution >= 0.6 is 0 Å². The Kier molecular flexibility index (Phi) is 10.1. The number of fused-ring (bicyclic) bond motifs is 2. The van der Waals surface area contributed by atoms with Crippen molar-refractivity contribution in [2.45, 2.75) is 95.4 Å². The summed E-state index contributed by atoms with van der Waals surface area (Å²) in [5, 5.41) is 5.50. The monoisotopic (exact) mass is 633 g/mol. The Morgan fingerprint density at radius 1 is 1.07 bits per heavy atom. The number of allylic oxidation sites excluding steroid dienone is 1. The fourth-order valence-electron chi connectivity index (χ4n) is 5.66. The molecule has 4 unspecified atom stereocenters. The summed E-state index contributed by atoms with van der Waals surface area (Å²) >= 11 is 0. The lowest BCUT2D eigenvalue weighted by atomic mass is 10.0. The van der Waals surface area contributed by atoms with Crippen LogP contribution in [-0.2, 0) is 29.3 Å². The zero-order valence-electron chi connectivity index (χ0n) is 25.7. The molecule has 242 valence electrons. The minimum absolute atomic E-state index is 0.140. The van der Waals surface area contributed by atoms with E-state index in [9.17, 15) is 27.6 Å². The highest BCUT2D eigenvalue weighted by Crippen LogP contribution is 2.45. The molecule has 14 heteroatoms. The average Bonchev–Trinajstić information content (AvgIpc) is 3.40. The van der Waals surface area contributed by atoms with Gasteiger partial charge in [0.15, 0.2) is 0 Å². The number of methoxy groups -OCH3 is 1. The molecule has 4 rings (SSSR count). The van der Waals surface area contributed by atoms with E-state index in [1.807, 2.05) is 12.2 Å². The summed E-state index contributed by atoms with van der Waals surface area (Å²) < 4.78 is 40.9. The van der Waals surface area contributed by atoms with Gasteiger partial charge in [0.2, 0.25) is 11.8 Å². The molecule has 3 aliphatic rings. The molecule has 44 heavy (non-hydrogen) atoms. The van der Waals surface area contributed by atoms with Gasteiger partial charge in [-0.05, 0) is 71.4 Å². The van der Waals surface area contributed by atoms with Crippen molar-refractivity contribution in [3.05, 3.63) is 36.4 Å². The van der Waals surface area contributed by atoms with Crippen LogP contribution < -0.4 is 24.8 Å². The van der Waals surface area contributed by atoms with Crippen LogP contribution in [-0.4, -0.2) is 74.0 Å². The molecule has 2 aliphatic heterocycles. The molecular weight excluding hydrogens is 590 g/mol. The minimum atomic E-state index is -4.39. The van der Waals surface area contributed by atoms with Crippen molar-refractivity contribution in [2.24, 2.45) is 5.92 Å². The number of ether oxygens (including phenoxy) is 2. The molecule has 0 radical (unpaired) electrons. The Morgan fingerprint density at radius 2 is 1.82 bits per heavy atom. The molecule has 2 fully saturated rings. The summed E-state index contributed by atoms with van der Waals surface area (Å²) in [6.07, 6.45) is 7.55. The molecule has 4 N–H and O–H groups in total. The van der Waals surface area contributed by atoms with Gasteiger partial charge in [-0.25, -0.2) is 9.52 Å². The van der Waals surface area contributed by atoms with Gasteiger partial charge in [0, 0.05) is 12.5 Å². The van der Waals surface area contributed by atoms with Crippen molar-refractivity contribution in [3.63, 3.8) is 0 Å². The van der Waals surface area contributed by atoms with E-state index in [-0.39, 0.29) is 17.9 Å². The molecule has 0 aromatic heterocycles. The first-order valence-corrected chi connectivity index (χ1v) is 16.5. The molecule has 13 nitrogen and oxygen atoms in total. The largest absolute Gasteiger partial charge is 0.495 e. The van der Waals surface area contributed by atoms with Crippen LogP contribution in [0.2, 0.25) is 0 Å². The number of nitrogens with zero attached hydrogens (tertiary/aromatic N) is 1. The topological polar surface area (TPSA) is 172 Å². The van der Waals surface area contributed by atoms with Crippen LogP contribution in [0.1, 0.15) is 72.1 Å². The number of carbonyl (C=O) groups is 4. The molecule has 1 aromatic carbocycles. The number of hydrogen-bond acceptors (Lipinski definition) is 8. The first kappa shape index (κ1) is 33.1. The van der Waals surface area contributed by atoms with Gasteiger partial charge in [0.1, 0.15) is 29.0 Å². The number of carbonyl (C=O) groups excluding carboxylic acids is 4. The number of amides is 4. The van der Waals surface area contributed by atoms with Crippen LogP contribution in [0.3, 0.4) is 0 Å². The second kappa shape index (κ2) is 13.4. The Labute approximate surface area is 258 Å². The smallest absolute Gasteiger partial charge is 0.408 e. The molecule has 0 bridgehead atoms. The zero-order chi connectivity index (χ0) is 32.1. The summed E-state index contributed by atoms with van der Waals surface area (Å²) in [6.45, 7) is 5.51. The van der Waals surface area contributed by atoms with Crippen LogP contribution in [0.5, 0.6) is 5.75 Å². The third-order valence-corrected chi connectivity index (χ3v) is 8.85. The number of nitrogens with one attached hydrogen (secondary N) is 4. The predicted molar refractivity (Wildman–Crippen MR) is 163 cm³/mol. The maximum atomic E-state index is 13.7. The first-order chi connectivity index (χ1) is 20.7. The highest BCUT2D eigenvalue weighted by atomic mass is 32.2. The van der Waals surface area contributed by atoms with E-state index in [2.05, 4.69) is 20.1 Å². The normalized spacial score (nSPS) is 26.9. The predicted octanol–water partition coefficient (Wildman–Crippen LogP) is 2.75. The summed E-state index contributed by atoms with van der Waals surface area (Å²) in [7, 11) is -3.00. The third kappa shape index (κ3) is 8.21. The van der Waals surface area contributed by atoms with E-state index in [1.54, 1.807) is 39.0 Å². The van der Waals surface area contributed by atoms with Gasteiger partial charge in [-0.1, -0.05) is 37.1 Å². The Bertz CT molecular complexity index is 1390. The Balaban J connectivity index is 1.54. The lowest BCUT2D eigenvalue weighted by molar-refractivity contribution is -0.141. The van der Waals surface area contributed by atoms with Gasteiger partial charge >= 0.3 is 16.3 Å². The van der Waals surface area contributed by atoms with E-state index in [4.69, 9.17) is 9.47 Å². The molecule has 4 atom stereocenters. The minimum Gasteiger partial charge on any atom is -0.495 e. The molecule has 1 aliphatic carbocycles. The zero-order valence-corrected chi connectivity index (χ0v) is 26.5. The third-order valence-electron chi connectivity index (χ3n) is 7.90. The van der Waals surface area contributed by atoms with Gasteiger partial charge in [0.25, 0.3) is 5.91 Å². The highest BCUT2D eigenvalue weighted by molar-refractivity contribution is 7.91. The average molecular weight is 634 g/mol. The van der Waals surface area contributed by atoms with Crippen LogP contribution in [0.25, 0.3) is 0 Å². The molecular formula is C30H43N5O8S. The Hall–Kier alpha value is -3.81. The van der Waals surface area contributed by atoms with Crippen LogP contribution in [0.4, 0.5) is 10.5 Å². The molecule has 1 saturated carbocycles. The molecule has 1 aromatic rings. The number of para-hydroxylation sites is 2. The molecule has 2 heterocycles. The standard InChI is InChI=1S/C30H43N5O8S/c1-29(2,3)43-28(39)31-22-15-9-7-5-6-8-13-20-19-30(20,32-25(36)23-16-12-18-35(23)26(22)37)27(38)34-44(40,41)33-21-14-10-11-17-24(21)42-4/h8,10-11,13-14,17,20,22-23,33H,5-7,9,12,15-16,18-19H2,1-4H3,(H,31,39)(H,32,36)(H,34,38)/b13-8-. The van der Waals surface area contributed by atoms with Crippen LogP contribution in [0, 0.1) is 5.92 Å². The summed E-state index contributed by atoms with van der Waals surface area (Å²) in [5.74, 6) is -1.99. The molecule has 4 amide bonds. The van der Waals surface area contributed by atoms with Crippen LogP contribution in [0.15, 0.2) is 36.4 Å². The van der Waals surface area contributed by atoms with Crippen molar-refractivity contribution < 1.29 is 37.1 Å². The van der Waals surface area contributed by atoms with E-state index in [1.165, 1.54) is 18.1 Å². The second-order valence-corrected chi connectivity index (χ2v) is 13.9. The first-order valence-electron chi connectivity index (χ1n) is 15.0. The van der Waals surface area contributed by atoms with Gasteiger partial charge in [0.05, 0.1) is 12.8 Å². The second-order valence-electron chi connectivity index (χ2n) is 12.5. The van der Waals surface area contributed by atoms with Gasteiger partial charge in [-0.3, -0.25) is 19.1 Å². The maximum absolute atomic E-state index is 13.7. The van der Waals surface area contributed by atoms with Crippen molar-refractivity contribution in [1.82, 2.24) is 20.3 Å². The number of rotatable bonds is 6. The van der Waals surface area contributed by atoms with Gasteiger partial charge < -0.3 is 25.0 Å².